The largest absolute Gasteiger partial charge is 0.508 e. The molecule has 0 spiro atoms. The number of esters is 1. The van der Waals surface area contributed by atoms with Crippen molar-refractivity contribution in [1.82, 2.24) is 0 Å². The summed E-state index contributed by atoms with van der Waals surface area (Å²) < 4.78 is 5.00. The first kappa shape index (κ1) is 13.7. The molecule has 0 heterocycles. The van der Waals surface area contributed by atoms with Crippen molar-refractivity contribution in [3.63, 3.8) is 0 Å². The smallest absolute Gasteiger partial charge is 0.342 e. The van der Waals surface area contributed by atoms with E-state index in [1.807, 2.05) is 36.4 Å². The second kappa shape index (κ2) is 6.43. The molecule has 2 aromatic rings. The van der Waals surface area contributed by atoms with Gasteiger partial charge in [-0.05, 0) is 23.8 Å². The molecule has 4 nitrogen and oxygen atoms in total. The summed E-state index contributed by atoms with van der Waals surface area (Å²) in [6, 6.07) is 13.3. The topological polar surface area (TPSA) is 66.8 Å². The summed E-state index contributed by atoms with van der Waals surface area (Å²) in [5.41, 5.74) is 1.03. The average molecular weight is 270 g/mol. The standard InChI is InChI=1S/C16H14O4/c17-13-8-9-14(15(18)11-13)16(19)20-10-4-7-12-5-2-1-3-6-12/h1-9,11,17-18H,10H2/b7-4+. The van der Waals surface area contributed by atoms with Crippen molar-refractivity contribution >= 4 is 12.0 Å². The molecule has 2 N–H and O–H groups in total. The molecule has 2 aromatic carbocycles. The summed E-state index contributed by atoms with van der Waals surface area (Å²) in [4.78, 5) is 11.7. The average Bonchev–Trinajstić information content (AvgIpc) is 2.44. The van der Waals surface area contributed by atoms with Crippen LogP contribution in [0, 0.1) is 0 Å². The Kier molecular flexibility index (Phi) is 4.39. The van der Waals surface area contributed by atoms with Crippen molar-refractivity contribution in [3.8, 4) is 11.5 Å². The monoisotopic (exact) mass is 270 g/mol. The molecule has 0 atom stereocenters. The second-order valence-electron chi connectivity index (χ2n) is 4.11. The van der Waals surface area contributed by atoms with Crippen molar-refractivity contribution < 1.29 is 19.7 Å². The maximum Gasteiger partial charge on any atom is 0.342 e. The third-order valence-corrected chi connectivity index (χ3v) is 2.62. The Morgan fingerprint density at radius 1 is 1.10 bits per heavy atom. The summed E-state index contributed by atoms with van der Waals surface area (Å²) in [6.45, 7) is 0.105. The van der Waals surface area contributed by atoms with Crippen LogP contribution >= 0.6 is 0 Å². The summed E-state index contributed by atoms with van der Waals surface area (Å²) >= 11 is 0. The number of phenols is 2. The van der Waals surface area contributed by atoms with E-state index in [0.29, 0.717) is 0 Å². The van der Waals surface area contributed by atoms with Crippen LogP contribution < -0.4 is 0 Å². The highest BCUT2D eigenvalue weighted by Gasteiger charge is 2.12. The molecular formula is C16H14O4. The molecule has 0 radical (unpaired) electrons. The maximum atomic E-state index is 11.7. The Morgan fingerprint density at radius 3 is 2.55 bits per heavy atom. The van der Waals surface area contributed by atoms with Gasteiger partial charge in [-0.15, -0.1) is 0 Å². The molecule has 102 valence electrons. The van der Waals surface area contributed by atoms with Crippen LogP contribution in [-0.2, 0) is 4.74 Å². The molecule has 0 saturated carbocycles. The molecule has 0 aromatic heterocycles. The Labute approximate surface area is 116 Å². The highest BCUT2D eigenvalue weighted by Crippen LogP contribution is 2.23. The minimum absolute atomic E-state index is 0.0240. The fourth-order valence-corrected chi connectivity index (χ4v) is 1.64. The highest BCUT2D eigenvalue weighted by atomic mass is 16.5. The van der Waals surface area contributed by atoms with Gasteiger partial charge in [0.1, 0.15) is 23.7 Å². The number of phenolic OH excluding ortho intramolecular Hbond substituents is 2. The van der Waals surface area contributed by atoms with Gasteiger partial charge in [-0.3, -0.25) is 0 Å². The van der Waals surface area contributed by atoms with Gasteiger partial charge in [0.15, 0.2) is 0 Å². The van der Waals surface area contributed by atoms with Gasteiger partial charge in [0.25, 0.3) is 0 Å². The second-order valence-corrected chi connectivity index (χ2v) is 4.11. The third-order valence-electron chi connectivity index (χ3n) is 2.62. The molecule has 0 aliphatic heterocycles. The van der Waals surface area contributed by atoms with Gasteiger partial charge in [-0.25, -0.2) is 4.79 Å². The van der Waals surface area contributed by atoms with Gasteiger partial charge in [-0.1, -0.05) is 36.4 Å². The van der Waals surface area contributed by atoms with Crippen molar-refractivity contribution in [2.75, 3.05) is 6.61 Å². The lowest BCUT2D eigenvalue weighted by Crippen LogP contribution is -2.05. The van der Waals surface area contributed by atoms with E-state index in [-0.39, 0.29) is 23.7 Å². The van der Waals surface area contributed by atoms with Gasteiger partial charge in [-0.2, -0.15) is 0 Å². The van der Waals surface area contributed by atoms with E-state index >= 15 is 0 Å². The summed E-state index contributed by atoms with van der Waals surface area (Å²) in [6.07, 6.45) is 3.55. The van der Waals surface area contributed by atoms with Crippen molar-refractivity contribution in [2.45, 2.75) is 0 Å². The minimum Gasteiger partial charge on any atom is -0.508 e. The molecule has 4 heteroatoms. The molecule has 0 saturated heterocycles. The van der Waals surface area contributed by atoms with E-state index in [9.17, 15) is 9.90 Å². The zero-order chi connectivity index (χ0) is 14.4. The van der Waals surface area contributed by atoms with E-state index in [2.05, 4.69) is 0 Å². The van der Waals surface area contributed by atoms with Crippen LogP contribution in [0.5, 0.6) is 11.5 Å². The molecule has 0 aliphatic carbocycles. The van der Waals surface area contributed by atoms with E-state index in [1.165, 1.54) is 12.1 Å². The van der Waals surface area contributed by atoms with E-state index in [1.54, 1.807) is 6.08 Å². The van der Waals surface area contributed by atoms with E-state index in [0.717, 1.165) is 11.6 Å². The SMILES string of the molecule is O=C(OC/C=C/c1ccccc1)c1ccc(O)cc1O. The highest BCUT2D eigenvalue weighted by molar-refractivity contribution is 5.92. The number of hydrogen-bond acceptors (Lipinski definition) is 4. The molecular weight excluding hydrogens is 256 g/mol. The molecule has 0 amide bonds. The molecule has 0 bridgehead atoms. The summed E-state index contributed by atoms with van der Waals surface area (Å²) in [7, 11) is 0. The van der Waals surface area contributed by atoms with Crippen LogP contribution in [-0.4, -0.2) is 22.8 Å². The number of hydrogen-bond donors (Lipinski definition) is 2. The predicted molar refractivity (Wildman–Crippen MR) is 75.5 cm³/mol. The minimum atomic E-state index is -0.639. The van der Waals surface area contributed by atoms with Crippen LogP contribution in [0.15, 0.2) is 54.6 Å². The normalized spacial score (nSPS) is 10.6. The Hall–Kier alpha value is -2.75. The Morgan fingerprint density at radius 2 is 1.85 bits per heavy atom. The quantitative estimate of drug-likeness (QED) is 0.838. The molecule has 0 fully saturated rings. The zero-order valence-corrected chi connectivity index (χ0v) is 10.7. The van der Waals surface area contributed by atoms with Crippen LogP contribution in [0.2, 0.25) is 0 Å². The molecule has 0 aliphatic rings. The first-order valence-electron chi connectivity index (χ1n) is 6.07. The van der Waals surface area contributed by atoms with E-state index < -0.39 is 5.97 Å². The fourth-order valence-electron chi connectivity index (χ4n) is 1.64. The number of carbonyl (C=O) groups is 1. The van der Waals surface area contributed by atoms with Gasteiger partial charge in [0.2, 0.25) is 0 Å². The lowest BCUT2D eigenvalue weighted by atomic mass is 10.2. The lowest BCUT2D eigenvalue weighted by Gasteiger charge is -2.04. The molecule has 0 unspecified atom stereocenters. The predicted octanol–water partition coefficient (Wildman–Crippen LogP) is 2.97. The van der Waals surface area contributed by atoms with E-state index in [4.69, 9.17) is 9.84 Å². The summed E-state index contributed by atoms with van der Waals surface area (Å²) in [5, 5.41) is 18.7. The van der Waals surface area contributed by atoms with Crippen molar-refractivity contribution in [1.29, 1.82) is 0 Å². The van der Waals surface area contributed by atoms with Gasteiger partial charge >= 0.3 is 5.97 Å². The summed E-state index contributed by atoms with van der Waals surface area (Å²) in [5.74, 6) is -1.05. The van der Waals surface area contributed by atoms with Gasteiger partial charge in [0, 0.05) is 6.07 Å². The first-order valence-corrected chi connectivity index (χ1v) is 6.07. The number of carbonyl (C=O) groups excluding carboxylic acids is 1. The Bertz CT molecular complexity index is 618. The van der Waals surface area contributed by atoms with Crippen LogP contribution in [0.3, 0.4) is 0 Å². The number of ether oxygens (including phenoxy) is 1. The Balaban J connectivity index is 1.91. The van der Waals surface area contributed by atoms with Crippen molar-refractivity contribution in [3.05, 3.63) is 65.7 Å². The van der Waals surface area contributed by atoms with Crippen LogP contribution in [0.1, 0.15) is 15.9 Å². The molecule has 2 rings (SSSR count). The number of rotatable bonds is 4. The number of benzene rings is 2. The van der Waals surface area contributed by atoms with Crippen molar-refractivity contribution in [2.24, 2.45) is 0 Å². The molecule has 20 heavy (non-hydrogen) atoms. The fraction of sp³-hybridized carbons (Fsp3) is 0.0625. The van der Waals surface area contributed by atoms with Gasteiger partial charge in [0.05, 0.1) is 0 Å². The third kappa shape index (κ3) is 3.62. The maximum absolute atomic E-state index is 11.7. The zero-order valence-electron chi connectivity index (χ0n) is 10.7. The number of aromatic hydroxyl groups is 2. The first-order chi connectivity index (χ1) is 9.66. The van der Waals surface area contributed by atoms with Crippen LogP contribution in [0.25, 0.3) is 6.08 Å². The van der Waals surface area contributed by atoms with Gasteiger partial charge < -0.3 is 14.9 Å². The van der Waals surface area contributed by atoms with Crippen LogP contribution in [0.4, 0.5) is 0 Å². The lowest BCUT2D eigenvalue weighted by molar-refractivity contribution is 0.0547.